The molecule has 0 bridgehead atoms. The Balaban J connectivity index is 3.03. The third-order valence-electron chi connectivity index (χ3n) is 1.81. The van der Waals surface area contributed by atoms with Crippen molar-refractivity contribution in [2.24, 2.45) is 0 Å². The number of ether oxygens (including phenoxy) is 2. The van der Waals surface area contributed by atoms with Crippen LogP contribution in [0.5, 0.6) is 5.75 Å². The molecule has 1 aromatic carbocycles. The number of rotatable bonds is 4. The van der Waals surface area contributed by atoms with Crippen molar-refractivity contribution >= 4 is 12.0 Å². The van der Waals surface area contributed by atoms with E-state index < -0.39 is 16.8 Å². The number of carbonyl (C=O) groups excluding carboxylic acids is 1. The van der Waals surface area contributed by atoms with Gasteiger partial charge in [-0.2, -0.15) is 0 Å². The van der Waals surface area contributed by atoms with E-state index in [1.54, 1.807) is 24.3 Å². The minimum Gasteiger partial charge on any atom is -0.497 e. The van der Waals surface area contributed by atoms with Gasteiger partial charge in [0, 0.05) is 6.92 Å². The summed E-state index contributed by atoms with van der Waals surface area (Å²) in [5, 5.41) is 10.6. The summed E-state index contributed by atoms with van der Waals surface area (Å²) >= 11 is 0. The molecule has 0 spiro atoms. The second kappa shape index (κ2) is 5.64. The highest BCUT2D eigenvalue weighted by Gasteiger charge is 2.15. The van der Waals surface area contributed by atoms with Gasteiger partial charge in [-0.3, -0.25) is 14.9 Å². The molecule has 0 saturated heterocycles. The van der Waals surface area contributed by atoms with Crippen LogP contribution in [0, 0.1) is 10.1 Å². The second-order valence-electron chi connectivity index (χ2n) is 3.11. The number of hydrogen-bond donors (Lipinski definition) is 0. The standard InChI is InChI=1S/C11H11NO5/c1-8(13)17-11(12(14)15)7-9-4-3-5-10(6-9)16-2/h3-7H,1-2H3. The predicted molar refractivity (Wildman–Crippen MR) is 59.7 cm³/mol. The first-order valence-electron chi connectivity index (χ1n) is 4.71. The number of carbonyl (C=O) groups is 1. The molecule has 6 heteroatoms. The fourth-order valence-corrected chi connectivity index (χ4v) is 1.14. The Kier molecular flexibility index (Phi) is 4.21. The van der Waals surface area contributed by atoms with Crippen molar-refractivity contribution in [1.29, 1.82) is 0 Å². The zero-order chi connectivity index (χ0) is 12.8. The third kappa shape index (κ3) is 3.94. The molecular weight excluding hydrogens is 226 g/mol. The lowest BCUT2D eigenvalue weighted by atomic mass is 10.2. The third-order valence-corrected chi connectivity index (χ3v) is 1.81. The lowest BCUT2D eigenvalue weighted by Crippen LogP contribution is -2.07. The molecule has 0 aliphatic heterocycles. The quantitative estimate of drug-likeness (QED) is 0.345. The molecule has 0 atom stereocenters. The molecule has 0 fully saturated rings. The largest absolute Gasteiger partial charge is 0.497 e. The van der Waals surface area contributed by atoms with Crippen LogP contribution in [0.4, 0.5) is 0 Å². The van der Waals surface area contributed by atoms with Gasteiger partial charge in [-0.15, -0.1) is 0 Å². The molecule has 0 radical (unpaired) electrons. The van der Waals surface area contributed by atoms with Crippen LogP contribution < -0.4 is 4.74 Å². The Labute approximate surface area is 97.6 Å². The van der Waals surface area contributed by atoms with Crippen molar-refractivity contribution in [3.63, 3.8) is 0 Å². The monoisotopic (exact) mass is 237 g/mol. The van der Waals surface area contributed by atoms with Gasteiger partial charge in [0.05, 0.1) is 13.2 Å². The molecule has 0 N–H and O–H groups in total. The van der Waals surface area contributed by atoms with Gasteiger partial charge in [0.2, 0.25) is 0 Å². The maximum absolute atomic E-state index is 10.7. The summed E-state index contributed by atoms with van der Waals surface area (Å²) in [5.41, 5.74) is 0.511. The first kappa shape index (κ1) is 12.7. The van der Waals surface area contributed by atoms with E-state index in [1.807, 2.05) is 0 Å². The number of nitrogens with zero attached hydrogens (tertiary/aromatic N) is 1. The van der Waals surface area contributed by atoms with Crippen LogP contribution in [0.2, 0.25) is 0 Å². The van der Waals surface area contributed by atoms with Crippen molar-refractivity contribution in [3.8, 4) is 5.75 Å². The van der Waals surface area contributed by atoms with E-state index in [0.717, 1.165) is 13.0 Å². The van der Waals surface area contributed by atoms with Crippen molar-refractivity contribution < 1.29 is 19.2 Å². The van der Waals surface area contributed by atoms with Gasteiger partial charge in [0.15, 0.2) is 0 Å². The number of esters is 1. The topological polar surface area (TPSA) is 78.7 Å². The Morgan fingerprint density at radius 1 is 1.47 bits per heavy atom. The summed E-state index contributed by atoms with van der Waals surface area (Å²) in [4.78, 5) is 20.5. The van der Waals surface area contributed by atoms with Crippen LogP contribution >= 0.6 is 0 Å². The fourth-order valence-electron chi connectivity index (χ4n) is 1.14. The highest BCUT2D eigenvalue weighted by molar-refractivity contribution is 5.68. The maximum Gasteiger partial charge on any atom is 0.436 e. The molecule has 6 nitrogen and oxygen atoms in total. The Bertz CT molecular complexity index is 467. The fraction of sp³-hybridized carbons (Fsp3) is 0.182. The average Bonchev–Trinajstić information content (AvgIpc) is 2.27. The first-order valence-corrected chi connectivity index (χ1v) is 4.71. The number of benzene rings is 1. The van der Waals surface area contributed by atoms with E-state index in [2.05, 4.69) is 4.74 Å². The molecule has 0 aliphatic rings. The van der Waals surface area contributed by atoms with Crippen LogP contribution in [0.1, 0.15) is 12.5 Å². The SMILES string of the molecule is COc1cccc(C=C(OC(C)=O)[N+](=O)[O-])c1. The lowest BCUT2D eigenvalue weighted by molar-refractivity contribution is -0.456. The van der Waals surface area contributed by atoms with Gasteiger partial charge in [-0.1, -0.05) is 12.1 Å². The van der Waals surface area contributed by atoms with Crippen LogP contribution in [0.25, 0.3) is 6.08 Å². The molecule has 0 unspecified atom stereocenters. The van der Waals surface area contributed by atoms with Crippen LogP contribution in [0.15, 0.2) is 30.1 Å². The van der Waals surface area contributed by atoms with Gasteiger partial charge in [-0.05, 0) is 17.7 Å². The molecule has 1 aromatic rings. The second-order valence-corrected chi connectivity index (χ2v) is 3.11. The minimum absolute atomic E-state index is 0.511. The highest BCUT2D eigenvalue weighted by atomic mass is 16.7. The van der Waals surface area contributed by atoms with E-state index in [9.17, 15) is 14.9 Å². The van der Waals surface area contributed by atoms with Crippen molar-refractivity contribution in [3.05, 3.63) is 45.8 Å². The number of hydrogen-bond acceptors (Lipinski definition) is 5. The molecule has 17 heavy (non-hydrogen) atoms. The van der Waals surface area contributed by atoms with Gasteiger partial charge in [0.25, 0.3) is 0 Å². The smallest absolute Gasteiger partial charge is 0.436 e. The van der Waals surface area contributed by atoms with E-state index in [1.165, 1.54) is 7.11 Å². The van der Waals surface area contributed by atoms with Crippen molar-refractivity contribution in [2.75, 3.05) is 7.11 Å². The molecule has 0 heterocycles. The van der Waals surface area contributed by atoms with Crippen molar-refractivity contribution in [2.45, 2.75) is 6.92 Å². The summed E-state index contributed by atoms with van der Waals surface area (Å²) in [6.07, 6.45) is 1.16. The summed E-state index contributed by atoms with van der Waals surface area (Å²) in [6, 6.07) is 6.60. The molecule has 0 aliphatic carbocycles. The Morgan fingerprint density at radius 2 is 2.18 bits per heavy atom. The normalized spacial score (nSPS) is 10.8. The zero-order valence-corrected chi connectivity index (χ0v) is 9.38. The molecular formula is C11H11NO5. The minimum atomic E-state index is -0.763. The summed E-state index contributed by atoms with van der Waals surface area (Å²) in [5.74, 6) is -0.800. The Hall–Kier alpha value is -2.37. The van der Waals surface area contributed by atoms with Crippen LogP contribution in [-0.4, -0.2) is 18.0 Å². The lowest BCUT2D eigenvalue weighted by Gasteiger charge is -2.01. The van der Waals surface area contributed by atoms with E-state index in [-0.39, 0.29) is 0 Å². The summed E-state index contributed by atoms with van der Waals surface area (Å²) in [7, 11) is 1.49. The predicted octanol–water partition coefficient (Wildman–Crippen LogP) is 1.83. The maximum atomic E-state index is 10.7. The number of methoxy groups -OCH3 is 1. The highest BCUT2D eigenvalue weighted by Crippen LogP contribution is 2.16. The van der Waals surface area contributed by atoms with Crippen molar-refractivity contribution in [1.82, 2.24) is 0 Å². The summed E-state index contributed by atoms with van der Waals surface area (Å²) in [6.45, 7) is 1.10. The molecule has 0 amide bonds. The molecule has 90 valence electrons. The van der Waals surface area contributed by atoms with Gasteiger partial charge in [0.1, 0.15) is 10.7 Å². The molecule has 0 saturated carbocycles. The Morgan fingerprint density at radius 3 is 2.71 bits per heavy atom. The molecule has 1 rings (SSSR count). The van der Waals surface area contributed by atoms with Crippen LogP contribution in [-0.2, 0) is 9.53 Å². The summed E-state index contributed by atoms with van der Waals surface area (Å²) < 4.78 is 9.44. The van der Waals surface area contributed by atoms with E-state index in [0.29, 0.717) is 11.3 Å². The van der Waals surface area contributed by atoms with Gasteiger partial charge in [-0.25, -0.2) is 0 Å². The first-order chi connectivity index (χ1) is 8.02. The average molecular weight is 237 g/mol. The van der Waals surface area contributed by atoms with Gasteiger partial charge < -0.3 is 9.47 Å². The van der Waals surface area contributed by atoms with Gasteiger partial charge >= 0.3 is 11.9 Å². The zero-order valence-electron chi connectivity index (χ0n) is 9.38. The number of nitro groups is 1. The van der Waals surface area contributed by atoms with E-state index in [4.69, 9.17) is 4.74 Å². The van der Waals surface area contributed by atoms with E-state index >= 15 is 0 Å². The van der Waals surface area contributed by atoms with Crippen LogP contribution in [0.3, 0.4) is 0 Å². The molecule has 0 aromatic heterocycles.